The second-order valence-corrected chi connectivity index (χ2v) is 5.81. The van der Waals surface area contributed by atoms with Gasteiger partial charge in [-0.1, -0.05) is 22.0 Å². The molecule has 2 aromatic rings. The second-order valence-electron chi connectivity index (χ2n) is 4.96. The Balaban J connectivity index is 1.98. The van der Waals surface area contributed by atoms with E-state index in [9.17, 15) is 5.11 Å². The molecule has 0 amide bonds. The largest absolute Gasteiger partial charge is 0.388 e. The molecule has 1 aliphatic rings. The summed E-state index contributed by atoms with van der Waals surface area (Å²) in [7, 11) is 0. The van der Waals surface area contributed by atoms with E-state index in [1.165, 1.54) is 0 Å². The van der Waals surface area contributed by atoms with Crippen molar-refractivity contribution >= 4 is 26.8 Å². The number of H-pyrrole nitrogens is 1. The average molecular weight is 309 g/mol. The van der Waals surface area contributed by atoms with Crippen LogP contribution in [0, 0.1) is 5.92 Å². The Labute approximate surface area is 115 Å². The SMILES string of the molecule is OC(c1c[nH]c2cccc(Br)c12)C1CCCNC1. The zero-order valence-corrected chi connectivity index (χ0v) is 11.7. The first-order chi connectivity index (χ1) is 8.77. The molecule has 0 radical (unpaired) electrons. The second kappa shape index (κ2) is 5.03. The summed E-state index contributed by atoms with van der Waals surface area (Å²) in [5, 5.41) is 15.0. The van der Waals surface area contributed by atoms with Gasteiger partial charge in [-0.15, -0.1) is 0 Å². The van der Waals surface area contributed by atoms with Gasteiger partial charge in [0.05, 0.1) is 6.10 Å². The molecule has 1 fully saturated rings. The van der Waals surface area contributed by atoms with Crippen LogP contribution in [0.4, 0.5) is 0 Å². The summed E-state index contributed by atoms with van der Waals surface area (Å²) in [5.41, 5.74) is 2.08. The van der Waals surface area contributed by atoms with Crippen LogP contribution in [0.25, 0.3) is 10.9 Å². The first-order valence-corrected chi connectivity index (χ1v) is 7.21. The Morgan fingerprint density at radius 1 is 1.39 bits per heavy atom. The number of aliphatic hydroxyl groups excluding tert-OH is 1. The van der Waals surface area contributed by atoms with Crippen molar-refractivity contribution in [2.45, 2.75) is 18.9 Å². The Morgan fingerprint density at radius 2 is 2.28 bits per heavy atom. The van der Waals surface area contributed by atoms with Crippen LogP contribution in [-0.4, -0.2) is 23.2 Å². The lowest BCUT2D eigenvalue weighted by Gasteiger charge is -2.27. The molecular formula is C14H17BrN2O. The molecule has 2 unspecified atom stereocenters. The van der Waals surface area contributed by atoms with Gasteiger partial charge in [-0.2, -0.15) is 0 Å². The van der Waals surface area contributed by atoms with Gasteiger partial charge in [0.2, 0.25) is 0 Å². The highest BCUT2D eigenvalue weighted by Gasteiger charge is 2.25. The van der Waals surface area contributed by atoms with Gasteiger partial charge in [0, 0.05) is 39.6 Å². The molecule has 1 aliphatic heterocycles. The van der Waals surface area contributed by atoms with Crippen molar-refractivity contribution in [3.63, 3.8) is 0 Å². The van der Waals surface area contributed by atoms with Crippen LogP contribution < -0.4 is 5.32 Å². The minimum absolute atomic E-state index is 0.310. The molecule has 2 heterocycles. The van der Waals surface area contributed by atoms with Gasteiger partial charge in [0.15, 0.2) is 0 Å². The maximum absolute atomic E-state index is 10.6. The summed E-state index contributed by atoms with van der Waals surface area (Å²) >= 11 is 3.57. The van der Waals surface area contributed by atoms with Crippen molar-refractivity contribution in [3.8, 4) is 0 Å². The Hall–Kier alpha value is -0.840. The van der Waals surface area contributed by atoms with E-state index in [1.54, 1.807) is 0 Å². The molecule has 0 bridgehead atoms. The van der Waals surface area contributed by atoms with Crippen LogP contribution in [0.5, 0.6) is 0 Å². The summed E-state index contributed by atoms with van der Waals surface area (Å²) in [5.74, 6) is 0.310. The monoisotopic (exact) mass is 308 g/mol. The van der Waals surface area contributed by atoms with E-state index < -0.39 is 6.10 Å². The molecule has 3 nitrogen and oxygen atoms in total. The molecule has 3 rings (SSSR count). The van der Waals surface area contributed by atoms with Gasteiger partial charge < -0.3 is 15.4 Å². The molecule has 0 saturated carbocycles. The van der Waals surface area contributed by atoms with Crippen LogP contribution >= 0.6 is 15.9 Å². The number of hydrogen-bond acceptors (Lipinski definition) is 2. The van der Waals surface area contributed by atoms with Gasteiger partial charge in [0.1, 0.15) is 0 Å². The summed E-state index contributed by atoms with van der Waals surface area (Å²) in [4.78, 5) is 3.24. The lowest BCUT2D eigenvalue weighted by atomic mass is 9.89. The van der Waals surface area contributed by atoms with Gasteiger partial charge in [-0.3, -0.25) is 0 Å². The van der Waals surface area contributed by atoms with Crippen molar-refractivity contribution in [2.75, 3.05) is 13.1 Å². The fourth-order valence-corrected chi connectivity index (χ4v) is 3.40. The first-order valence-electron chi connectivity index (χ1n) is 6.41. The van der Waals surface area contributed by atoms with E-state index in [-0.39, 0.29) is 0 Å². The Morgan fingerprint density at radius 3 is 3.06 bits per heavy atom. The van der Waals surface area contributed by atoms with Crippen molar-refractivity contribution in [2.24, 2.45) is 5.92 Å². The molecule has 1 saturated heterocycles. The van der Waals surface area contributed by atoms with Crippen molar-refractivity contribution in [1.82, 2.24) is 10.3 Å². The summed E-state index contributed by atoms with van der Waals surface area (Å²) in [6.07, 6.45) is 3.77. The number of benzene rings is 1. The quantitative estimate of drug-likeness (QED) is 0.799. The van der Waals surface area contributed by atoms with E-state index in [1.807, 2.05) is 24.4 Å². The molecule has 0 spiro atoms. The number of aliphatic hydroxyl groups is 1. The van der Waals surface area contributed by atoms with Crippen LogP contribution in [0.1, 0.15) is 24.5 Å². The van der Waals surface area contributed by atoms with Gasteiger partial charge in [0.25, 0.3) is 0 Å². The highest BCUT2D eigenvalue weighted by molar-refractivity contribution is 9.10. The first kappa shape index (κ1) is 12.2. The molecule has 4 heteroatoms. The molecule has 96 valence electrons. The lowest BCUT2D eigenvalue weighted by Crippen LogP contribution is -2.33. The smallest absolute Gasteiger partial charge is 0.0851 e. The molecule has 18 heavy (non-hydrogen) atoms. The number of rotatable bonds is 2. The molecular weight excluding hydrogens is 292 g/mol. The number of piperidine rings is 1. The number of nitrogens with one attached hydrogen (secondary N) is 2. The van der Waals surface area contributed by atoms with E-state index >= 15 is 0 Å². The fraction of sp³-hybridized carbons (Fsp3) is 0.429. The molecule has 2 atom stereocenters. The Kier molecular flexibility index (Phi) is 3.41. The number of halogens is 1. The standard InChI is InChI=1S/C14H17BrN2O/c15-11-4-1-5-12-13(11)10(8-17-12)14(18)9-3-2-6-16-7-9/h1,4-5,8-9,14,16-18H,2-3,6-7H2. The van der Waals surface area contributed by atoms with Crippen LogP contribution in [0.3, 0.4) is 0 Å². The Bertz CT molecular complexity index is 546. The third-order valence-corrected chi connectivity index (χ3v) is 4.45. The number of hydrogen-bond donors (Lipinski definition) is 3. The fourth-order valence-electron chi connectivity index (χ4n) is 2.80. The minimum atomic E-state index is -0.398. The van der Waals surface area contributed by atoms with Crippen LogP contribution in [-0.2, 0) is 0 Å². The minimum Gasteiger partial charge on any atom is -0.388 e. The highest BCUT2D eigenvalue weighted by atomic mass is 79.9. The van der Waals surface area contributed by atoms with Gasteiger partial charge in [-0.25, -0.2) is 0 Å². The maximum atomic E-state index is 10.6. The third-order valence-electron chi connectivity index (χ3n) is 3.79. The molecule has 0 aliphatic carbocycles. The lowest BCUT2D eigenvalue weighted by molar-refractivity contribution is 0.0934. The van der Waals surface area contributed by atoms with Crippen molar-refractivity contribution in [3.05, 3.63) is 34.4 Å². The number of fused-ring (bicyclic) bond motifs is 1. The topological polar surface area (TPSA) is 48.0 Å². The van der Waals surface area contributed by atoms with Crippen LogP contribution in [0.15, 0.2) is 28.9 Å². The molecule has 1 aromatic carbocycles. The molecule has 3 N–H and O–H groups in total. The molecule has 1 aromatic heterocycles. The highest BCUT2D eigenvalue weighted by Crippen LogP contribution is 2.35. The predicted octanol–water partition coefficient (Wildman–Crippen LogP) is 2.96. The summed E-state index contributed by atoms with van der Waals surface area (Å²) in [6.45, 7) is 1.97. The van der Waals surface area contributed by atoms with Gasteiger partial charge in [-0.05, 0) is 31.5 Å². The van der Waals surface area contributed by atoms with E-state index in [2.05, 4.69) is 26.2 Å². The summed E-state index contributed by atoms with van der Waals surface area (Å²) in [6, 6.07) is 6.06. The zero-order chi connectivity index (χ0) is 12.5. The van der Waals surface area contributed by atoms with E-state index in [0.29, 0.717) is 5.92 Å². The van der Waals surface area contributed by atoms with Crippen molar-refractivity contribution in [1.29, 1.82) is 0 Å². The zero-order valence-electron chi connectivity index (χ0n) is 10.1. The summed E-state index contributed by atoms with van der Waals surface area (Å²) < 4.78 is 1.04. The van der Waals surface area contributed by atoms with E-state index in [0.717, 1.165) is 46.9 Å². The number of aromatic nitrogens is 1. The van der Waals surface area contributed by atoms with Crippen LogP contribution in [0.2, 0.25) is 0 Å². The van der Waals surface area contributed by atoms with Crippen molar-refractivity contribution < 1.29 is 5.11 Å². The predicted molar refractivity (Wildman–Crippen MR) is 76.6 cm³/mol. The average Bonchev–Trinajstić information content (AvgIpc) is 2.84. The normalized spacial score (nSPS) is 22.2. The number of aromatic amines is 1. The third kappa shape index (κ3) is 2.09. The van der Waals surface area contributed by atoms with Gasteiger partial charge >= 0.3 is 0 Å². The van der Waals surface area contributed by atoms with E-state index in [4.69, 9.17) is 0 Å². The maximum Gasteiger partial charge on any atom is 0.0851 e.